The highest BCUT2D eigenvalue weighted by atomic mass is 16.4. The Hall–Kier alpha value is -1.26. The molecule has 1 rings (SSSR count). The lowest BCUT2D eigenvalue weighted by molar-refractivity contribution is -0.137. The van der Waals surface area contributed by atoms with Crippen LogP contribution in [-0.2, 0) is 4.79 Å². The lowest BCUT2D eigenvalue weighted by Gasteiger charge is -2.21. The van der Waals surface area contributed by atoms with E-state index >= 15 is 0 Å². The van der Waals surface area contributed by atoms with Gasteiger partial charge in [0.1, 0.15) is 0 Å². The van der Waals surface area contributed by atoms with E-state index in [0.717, 1.165) is 19.4 Å². The van der Waals surface area contributed by atoms with Crippen molar-refractivity contribution >= 4 is 12.0 Å². The molecule has 0 aromatic rings. The van der Waals surface area contributed by atoms with Crippen LogP contribution in [0.1, 0.15) is 57.8 Å². The van der Waals surface area contributed by atoms with Gasteiger partial charge in [-0.3, -0.25) is 4.79 Å². The second kappa shape index (κ2) is 9.64. The van der Waals surface area contributed by atoms with E-state index in [1.165, 1.54) is 32.1 Å². The Kier molecular flexibility index (Phi) is 8.02. The van der Waals surface area contributed by atoms with Gasteiger partial charge in [-0.05, 0) is 31.6 Å². The zero-order chi connectivity index (χ0) is 13.9. The van der Waals surface area contributed by atoms with E-state index in [9.17, 15) is 9.59 Å². The van der Waals surface area contributed by atoms with Crippen LogP contribution in [0.3, 0.4) is 0 Å². The maximum absolute atomic E-state index is 11.5. The number of carbonyl (C=O) groups is 2. The van der Waals surface area contributed by atoms with Crippen molar-refractivity contribution in [3.63, 3.8) is 0 Å². The van der Waals surface area contributed by atoms with E-state index in [4.69, 9.17) is 5.11 Å². The van der Waals surface area contributed by atoms with Gasteiger partial charge in [-0.15, -0.1) is 0 Å². The highest BCUT2D eigenvalue weighted by Gasteiger charge is 2.13. The van der Waals surface area contributed by atoms with Gasteiger partial charge in [-0.1, -0.05) is 25.7 Å². The number of unbranched alkanes of at least 4 members (excludes halogenated alkanes) is 2. The van der Waals surface area contributed by atoms with Crippen molar-refractivity contribution in [1.82, 2.24) is 10.6 Å². The summed E-state index contributed by atoms with van der Waals surface area (Å²) in [5.74, 6) is -0.103. The minimum atomic E-state index is -0.752. The van der Waals surface area contributed by atoms with Gasteiger partial charge in [-0.2, -0.15) is 0 Å². The summed E-state index contributed by atoms with van der Waals surface area (Å²) in [5.41, 5.74) is 0. The topological polar surface area (TPSA) is 78.4 Å². The van der Waals surface area contributed by atoms with Crippen LogP contribution >= 0.6 is 0 Å². The van der Waals surface area contributed by atoms with Crippen LogP contribution in [0.2, 0.25) is 0 Å². The van der Waals surface area contributed by atoms with E-state index < -0.39 is 5.97 Å². The van der Waals surface area contributed by atoms with E-state index in [-0.39, 0.29) is 12.5 Å². The van der Waals surface area contributed by atoms with Crippen LogP contribution in [0.5, 0.6) is 0 Å². The number of amides is 2. The maximum atomic E-state index is 11.5. The lowest BCUT2D eigenvalue weighted by atomic mass is 9.89. The zero-order valence-electron chi connectivity index (χ0n) is 11.6. The molecule has 0 bridgehead atoms. The molecule has 0 aliphatic heterocycles. The van der Waals surface area contributed by atoms with Crippen molar-refractivity contribution in [3.05, 3.63) is 0 Å². The first kappa shape index (κ1) is 15.8. The third-order valence-corrected chi connectivity index (χ3v) is 3.63. The molecule has 0 spiro atoms. The normalized spacial score (nSPS) is 16.0. The molecular weight excluding hydrogens is 244 g/mol. The molecule has 0 heterocycles. The third-order valence-electron chi connectivity index (χ3n) is 3.63. The number of hydrogen-bond donors (Lipinski definition) is 3. The fourth-order valence-corrected chi connectivity index (χ4v) is 2.47. The van der Waals surface area contributed by atoms with Crippen LogP contribution in [0.4, 0.5) is 4.79 Å². The van der Waals surface area contributed by atoms with Gasteiger partial charge in [0.25, 0.3) is 0 Å². The van der Waals surface area contributed by atoms with Gasteiger partial charge in [0.05, 0.1) is 0 Å². The van der Waals surface area contributed by atoms with E-state index in [1.807, 2.05) is 0 Å². The molecule has 19 heavy (non-hydrogen) atoms. The number of urea groups is 1. The Labute approximate surface area is 115 Å². The van der Waals surface area contributed by atoms with Crippen molar-refractivity contribution in [2.45, 2.75) is 57.8 Å². The minimum Gasteiger partial charge on any atom is -0.481 e. The monoisotopic (exact) mass is 270 g/mol. The van der Waals surface area contributed by atoms with Crippen molar-refractivity contribution in [1.29, 1.82) is 0 Å². The van der Waals surface area contributed by atoms with Gasteiger partial charge < -0.3 is 15.7 Å². The van der Waals surface area contributed by atoms with E-state index in [1.54, 1.807) is 0 Å². The van der Waals surface area contributed by atoms with Gasteiger partial charge in [0.2, 0.25) is 0 Å². The summed E-state index contributed by atoms with van der Waals surface area (Å²) in [6.07, 6.45) is 8.95. The average Bonchev–Trinajstić information content (AvgIpc) is 2.41. The fraction of sp³-hybridized carbons (Fsp3) is 0.857. The maximum Gasteiger partial charge on any atom is 0.314 e. The smallest absolute Gasteiger partial charge is 0.314 e. The molecule has 0 aromatic carbocycles. The van der Waals surface area contributed by atoms with Crippen molar-refractivity contribution in [2.75, 3.05) is 13.1 Å². The molecule has 2 amide bonds. The quantitative estimate of drug-likeness (QED) is 0.593. The summed E-state index contributed by atoms with van der Waals surface area (Å²) in [6.45, 7) is 1.40. The molecule has 0 aromatic heterocycles. The lowest BCUT2D eigenvalue weighted by Crippen LogP contribution is -2.39. The molecule has 0 saturated heterocycles. The second-order valence-corrected chi connectivity index (χ2v) is 5.35. The number of carboxylic acids is 1. The number of carboxylic acid groups (broad SMARTS) is 1. The summed E-state index contributed by atoms with van der Waals surface area (Å²) in [5, 5.41) is 14.2. The van der Waals surface area contributed by atoms with Gasteiger partial charge in [-0.25, -0.2) is 4.79 Å². The standard InChI is InChI=1S/C14H26N2O3/c17-13(18)9-5-2-6-10-15-14(19)16-11-12-7-3-1-4-8-12/h12H,1-11H2,(H,17,18)(H2,15,16,19). The van der Waals surface area contributed by atoms with E-state index in [0.29, 0.717) is 18.9 Å². The molecule has 5 heteroatoms. The van der Waals surface area contributed by atoms with Gasteiger partial charge in [0.15, 0.2) is 0 Å². The number of carbonyl (C=O) groups excluding carboxylic acids is 1. The van der Waals surface area contributed by atoms with Crippen molar-refractivity contribution in [2.24, 2.45) is 5.92 Å². The SMILES string of the molecule is O=C(O)CCCCCNC(=O)NCC1CCCCC1. The molecule has 0 unspecified atom stereocenters. The summed E-state index contributed by atoms with van der Waals surface area (Å²) < 4.78 is 0. The molecule has 3 N–H and O–H groups in total. The first-order valence-electron chi connectivity index (χ1n) is 7.42. The van der Waals surface area contributed by atoms with E-state index in [2.05, 4.69) is 10.6 Å². The number of aliphatic carboxylic acids is 1. The van der Waals surface area contributed by atoms with Crippen molar-refractivity contribution < 1.29 is 14.7 Å². The second-order valence-electron chi connectivity index (χ2n) is 5.35. The van der Waals surface area contributed by atoms with Crippen LogP contribution in [-0.4, -0.2) is 30.2 Å². The minimum absolute atomic E-state index is 0.0937. The Bertz CT molecular complexity index is 276. The predicted molar refractivity (Wildman–Crippen MR) is 74.1 cm³/mol. The van der Waals surface area contributed by atoms with Crippen LogP contribution in [0.15, 0.2) is 0 Å². The summed E-state index contributed by atoms with van der Waals surface area (Å²) >= 11 is 0. The van der Waals surface area contributed by atoms with Gasteiger partial charge >= 0.3 is 12.0 Å². The Balaban J connectivity index is 1.91. The summed E-state index contributed by atoms with van der Waals surface area (Å²) in [7, 11) is 0. The average molecular weight is 270 g/mol. The first-order chi connectivity index (χ1) is 9.18. The van der Waals surface area contributed by atoms with Crippen LogP contribution in [0, 0.1) is 5.92 Å². The van der Waals surface area contributed by atoms with Gasteiger partial charge in [0, 0.05) is 19.5 Å². The molecule has 1 fully saturated rings. The molecule has 110 valence electrons. The highest BCUT2D eigenvalue weighted by molar-refractivity contribution is 5.73. The largest absolute Gasteiger partial charge is 0.481 e. The third kappa shape index (κ3) is 8.46. The highest BCUT2D eigenvalue weighted by Crippen LogP contribution is 2.22. The summed E-state index contributed by atoms with van der Waals surface area (Å²) in [6, 6.07) is -0.0937. The molecular formula is C14H26N2O3. The molecule has 0 atom stereocenters. The van der Waals surface area contributed by atoms with Crippen molar-refractivity contribution in [3.8, 4) is 0 Å². The number of nitrogens with one attached hydrogen (secondary N) is 2. The number of rotatable bonds is 8. The molecule has 1 aliphatic carbocycles. The zero-order valence-corrected chi connectivity index (χ0v) is 11.6. The Morgan fingerprint density at radius 2 is 1.74 bits per heavy atom. The molecule has 1 saturated carbocycles. The van der Waals surface area contributed by atoms with Crippen LogP contribution in [0.25, 0.3) is 0 Å². The number of hydrogen-bond acceptors (Lipinski definition) is 2. The Morgan fingerprint density at radius 3 is 2.42 bits per heavy atom. The predicted octanol–water partition coefficient (Wildman–Crippen LogP) is 2.51. The first-order valence-corrected chi connectivity index (χ1v) is 7.42. The van der Waals surface area contributed by atoms with Crippen LogP contribution < -0.4 is 10.6 Å². The molecule has 5 nitrogen and oxygen atoms in total. The fourth-order valence-electron chi connectivity index (χ4n) is 2.47. The molecule has 1 aliphatic rings. The summed E-state index contributed by atoms with van der Waals surface area (Å²) in [4.78, 5) is 21.8. The Morgan fingerprint density at radius 1 is 1.00 bits per heavy atom. The molecule has 0 radical (unpaired) electrons.